The quantitative estimate of drug-likeness (QED) is 0.708. The Morgan fingerprint density at radius 2 is 2.03 bits per heavy atom. The maximum Gasteiger partial charge on any atom is 0.328 e. The van der Waals surface area contributed by atoms with Crippen molar-refractivity contribution in [3.8, 4) is 11.3 Å². The number of urea groups is 1. The van der Waals surface area contributed by atoms with Crippen molar-refractivity contribution in [2.24, 2.45) is 0 Å². The van der Waals surface area contributed by atoms with E-state index in [0.29, 0.717) is 41.7 Å². The molecule has 0 aliphatic carbocycles. The molecule has 0 bridgehead atoms. The van der Waals surface area contributed by atoms with Gasteiger partial charge in [-0.05, 0) is 36.8 Å². The predicted molar refractivity (Wildman–Crippen MR) is 115 cm³/mol. The number of carbonyl (C=O) groups is 1. The van der Waals surface area contributed by atoms with Crippen LogP contribution in [0.5, 0.6) is 0 Å². The number of pyridine rings is 1. The lowest BCUT2D eigenvalue weighted by Crippen LogP contribution is -2.36. The van der Waals surface area contributed by atoms with Gasteiger partial charge in [0.15, 0.2) is 5.82 Å². The summed E-state index contributed by atoms with van der Waals surface area (Å²) in [6.45, 7) is 3.26. The van der Waals surface area contributed by atoms with Crippen molar-refractivity contribution in [1.29, 1.82) is 0 Å². The SMILES string of the molecule is CCc1nccc(NC(=O)N2CCCN(C)c3ccc(-c4cccc(F)c4)nc32)n1. The molecule has 1 N–H and O–H groups in total. The number of hydrogen-bond acceptors (Lipinski definition) is 5. The largest absolute Gasteiger partial charge is 0.372 e. The summed E-state index contributed by atoms with van der Waals surface area (Å²) in [4.78, 5) is 30.1. The molecule has 2 aromatic heterocycles. The number of aromatic nitrogens is 3. The lowest BCUT2D eigenvalue weighted by atomic mass is 10.1. The third-order valence-corrected chi connectivity index (χ3v) is 5.02. The van der Waals surface area contributed by atoms with E-state index >= 15 is 0 Å². The van der Waals surface area contributed by atoms with Gasteiger partial charge in [-0.1, -0.05) is 19.1 Å². The standard InChI is InChI=1S/C22H23FN6O/c1-3-19-24-11-10-20(26-19)27-22(30)29-13-5-12-28(2)18-9-8-17(25-21(18)29)15-6-4-7-16(23)14-15/h4,6-11,14H,3,5,12-13H2,1-2H3,(H,24,26,27,30). The first-order valence-corrected chi connectivity index (χ1v) is 9.93. The maximum atomic E-state index is 13.7. The molecule has 3 heterocycles. The van der Waals surface area contributed by atoms with Crippen LogP contribution in [0.25, 0.3) is 11.3 Å². The monoisotopic (exact) mass is 406 g/mol. The second-order valence-electron chi connectivity index (χ2n) is 7.12. The number of rotatable bonds is 3. The minimum absolute atomic E-state index is 0.309. The van der Waals surface area contributed by atoms with Gasteiger partial charge in [0, 0.05) is 38.3 Å². The van der Waals surface area contributed by atoms with Gasteiger partial charge in [0.1, 0.15) is 17.5 Å². The number of nitrogens with zero attached hydrogens (tertiary/aromatic N) is 5. The van der Waals surface area contributed by atoms with Gasteiger partial charge in [0.25, 0.3) is 0 Å². The first-order valence-electron chi connectivity index (χ1n) is 9.93. The Morgan fingerprint density at radius 3 is 2.83 bits per heavy atom. The molecule has 0 unspecified atom stereocenters. The number of amides is 2. The molecule has 7 nitrogen and oxygen atoms in total. The molecule has 0 fully saturated rings. The minimum atomic E-state index is -0.327. The van der Waals surface area contributed by atoms with E-state index in [9.17, 15) is 9.18 Å². The van der Waals surface area contributed by atoms with Crippen molar-refractivity contribution in [1.82, 2.24) is 15.0 Å². The molecule has 3 aromatic rings. The van der Waals surface area contributed by atoms with Crippen LogP contribution in [-0.2, 0) is 6.42 Å². The molecule has 0 spiro atoms. The van der Waals surface area contributed by atoms with E-state index in [1.165, 1.54) is 12.1 Å². The van der Waals surface area contributed by atoms with Crippen molar-refractivity contribution in [3.63, 3.8) is 0 Å². The van der Waals surface area contributed by atoms with Crippen LogP contribution in [0, 0.1) is 5.82 Å². The van der Waals surface area contributed by atoms with Crippen molar-refractivity contribution < 1.29 is 9.18 Å². The van der Waals surface area contributed by atoms with Gasteiger partial charge >= 0.3 is 6.03 Å². The van der Waals surface area contributed by atoms with Crippen molar-refractivity contribution in [2.75, 3.05) is 35.3 Å². The zero-order valence-electron chi connectivity index (χ0n) is 17.0. The van der Waals surface area contributed by atoms with E-state index < -0.39 is 0 Å². The van der Waals surface area contributed by atoms with Crippen LogP contribution in [0.4, 0.5) is 26.5 Å². The number of halogens is 1. The number of anilines is 3. The Bertz CT molecular complexity index is 1070. The average molecular weight is 406 g/mol. The molecule has 0 atom stereocenters. The molecule has 1 aromatic carbocycles. The van der Waals surface area contributed by atoms with Gasteiger partial charge in [0.2, 0.25) is 0 Å². The zero-order chi connectivity index (χ0) is 21.1. The van der Waals surface area contributed by atoms with Crippen LogP contribution in [0.2, 0.25) is 0 Å². The van der Waals surface area contributed by atoms with Crippen molar-refractivity contribution >= 4 is 23.4 Å². The number of carbonyl (C=O) groups excluding carboxylic acids is 1. The second kappa shape index (κ2) is 8.44. The Hall–Kier alpha value is -3.55. The van der Waals surface area contributed by atoms with E-state index in [-0.39, 0.29) is 11.8 Å². The van der Waals surface area contributed by atoms with Crippen molar-refractivity contribution in [2.45, 2.75) is 19.8 Å². The second-order valence-corrected chi connectivity index (χ2v) is 7.12. The van der Waals surface area contributed by atoms with E-state index in [0.717, 1.165) is 18.7 Å². The van der Waals surface area contributed by atoms with Crippen LogP contribution in [0.15, 0.2) is 48.7 Å². The summed E-state index contributed by atoms with van der Waals surface area (Å²) < 4.78 is 13.7. The Kier molecular flexibility index (Phi) is 5.56. The zero-order valence-corrected chi connectivity index (χ0v) is 17.0. The molecule has 0 saturated carbocycles. The number of hydrogen-bond donors (Lipinski definition) is 1. The first kappa shape index (κ1) is 19.8. The third kappa shape index (κ3) is 4.07. The van der Waals surface area contributed by atoms with Crippen molar-refractivity contribution in [3.05, 3.63) is 60.3 Å². The maximum absolute atomic E-state index is 13.7. The van der Waals surface area contributed by atoms with Crippen LogP contribution in [0.3, 0.4) is 0 Å². The summed E-state index contributed by atoms with van der Waals surface area (Å²) in [5.41, 5.74) is 2.12. The molecule has 4 rings (SSSR count). The molecule has 0 saturated heterocycles. The van der Waals surface area contributed by atoms with E-state index in [2.05, 4.69) is 20.2 Å². The van der Waals surface area contributed by atoms with E-state index in [4.69, 9.17) is 4.98 Å². The van der Waals surface area contributed by atoms with Gasteiger partial charge in [0.05, 0.1) is 11.4 Å². The minimum Gasteiger partial charge on any atom is -0.372 e. The lowest BCUT2D eigenvalue weighted by molar-refractivity contribution is 0.256. The molecule has 2 amide bonds. The van der Waals surface area contributed by atoms with Gasteiger partial charge in [-0.15, -0.1) is 0 Å². The topological polar surface area (TPSA) is 74.2 Å². The predicted octanol–water partition coefficient (Wildman–Crippen LogP) is 4.12. The fourth-order valence-corrected chi connectivity index (χ4v) is 3.45. The number of fused-ring (bicyclic) bond motifs is 1. The van der Waals surface area contributed by atoms with Crippen LogP contribution in [0.1, 0.15) is 19.2 Å². The Labute approximate surface area is 174 Å². The molecular weight excluding hydrogens is 383 g/mol. The molecule has 0 radical (unpaired) electrons. The highest BCUT2D eigenvalue weighted by molar-refractivity contribution is 6.03. The Morgan fingerprint density at radius 1 is 1.17 bits per heavy atom. The molecular formula is C22H23FN6O. The number of nitrogens with one attached hydrogen (secondary N) is 1. The fraction of sp³-hybridized carbons (Fsp3) is 0.273. The first-order chi connectivity index (χ1) is 14.5. The van der Waals surface area contributed by atoms with Crippen LogP contribution in [-0.4, -0.2) is 41.1 Å². The molecule has 8 heteroatoms. The highest BCUT2D eigenvalue weighted by atomic mass is 19.1. The highest BCUT2D eigenvalue weighted by Crippen LogP contribution is 2.33. The fourth-order valence-electron chi connectivity index (χ4n) is 3.45. The smallest absolute Gasteiger partial charge is 0.328 e. The summed E-state index contributed by atoms with van der Waals surface area (Å²) in [6.07, 6.45) is 3.10. The average Bonchev–Trinajstić information content (AvgIpc) is 2.92. The summed E-state index contributed by atoms with van der Waals surface area (Å²) in [5.74, 6) is 1.33. The normalized spacial score (nSPS) is 13.6. The lowest BCUT2D eigenvalue weighted by Gasteiger charge is -2.24. The van der Waals surface area contributed by atoms with E-state index in [1.54, 1.807) is 29.3 Å². The third-order valence-electron chi connectivity index (χ3n) is 5.02. The van der Waals surface area contributed by atoms with Gasteiger partial charge < -0.3 is 4.90 Å². The Balaban J connectivity index is 1.70. The van der Waals surface area contributed by atoms with Crippen LogP contribution < -0.4 is 15.1 Å². The number of aryl methyl sites for hydroxylation is 1. The van der Waals surface area contributed by atoms with Gasteiger partial charge in [-0.25, -0.2) is 24.1 Å². The summed E-state index contributed by atoms with van der Waals surface area (Å²) >= 11 is 0. The molecule has 1 aliphatic rings. The highest BCUT2D eigenvalue weighted by Gasteiger charge is 2.26. The molecule has 30 heavy (non-hydrogen) atoms. The summed E-state index contributed by atoms with van der Waals surface area (Å²) in [5, 5.41) is 2.86. The summed E-state index contributed by atoms with van der Waals surface area (Å²) in [6, 6.07) is 11.4. The van der Waals surface area contributed by atoms with Gasteiger partial charge in [-0.2, -0.15) is 0 Å². The summed E-state index contributed by atoms with van der Waals surface area (Å²) in [7, 11) is 1.97. The van der Waals surface area contributed by atoms with Crippen LogP contribution >= 0.6 is 0 Å². The van der Waals surface area contributed by atoms with E-state index in [1.807, 2.05) is 26.1 Å². The van der Waals surface area contributed by atoms with Gasteiger partial charge in [-0.3, -0.25) is 10.2 Å². The number of benzene rings is 1. The molecule has 1 aliphatic heterocycles. The molecule has 154 valence electrons.